The third-order valence-corrected chi connectivity index (χ3v) is 2.50. The molecule has 0 radical (unpaired) electrons. The van der Waals surface area contributed by atoms with Crippen LogP contribution in [0.4, 0.5) is 0 Å². The van der Waals surface area contributed by atoms with Crippen molar-refractivity contribution < 1.29 is 14.3 Å². The van der Waals surface area contributed by atoms with Crippen LogP contribution in [0.3, 0.4) is 0 Å². The lowest BCUT2D eigenvalue weighted by atomic mass is 10.2. The van der Waals surface area contributed by atoms with Crippen molar-refractivity contribution in [1.82, 2.24) is 0 Å². The molecule has 0 atom stereocenters. The monoisotopic (exact) mass is 292 g/mol. The fourth-order valence-corrected chi connectivity index (χ4v) is 1.74. The molecule has 0 aromatic heterocycles. The van der Waals surface area contributed by atoms with E-state index >= 15 is 0 Å². The van der Waals surface area contributed by atoms with Crippen molar-refractivity contribution in [3.8, 4) is 11.5 Å². The molecule has 4 heteroatoms. The minimum Gasteiger partial charge on any atom is -0.496 e. The van der Waals surface area contributed by atoms with Crippen molar-refractivity contribution in [3.63, 3.8) is 0 Å². The number of ether oxygens (including phenoxy) is 2. The van der Waals surface area contributed by atoms with Crippen molar-refractivity contribution >= 4 is 28.9 Å². The fourth-order valence-electron chi connectivity index (χ4n) is 1.05. The Bertz CT molecular complexity index is 323. The van der Waals surface area contributed by atoms with Gasteiger partial charge in [-0.05, 0) is 34.7 Å². The van der Waals surface area contributed by atoms with E-state index in [1.54, 1.807) is 6.07 Å². The van der Waals surface area contributed by atoms with E-state index in [0.717, 1.165) is 9.86 Å². The maximum atomic E-state index is 10.8. The van der Waals surface area contributed by atoms with Crippen LogP contribution in [0.5, 0.6) is 11.5 Å². The summed E-state index contributed by atoms with van der Waals surface area (Å²) in [5, 5.41) is 0. The molecular weight excluding hydrogens is 283 g/mol. The molecule has 0 spiro atoms. The first-order chi connectivity index (χ1) is 6.24. The van der Waals surface area contributed by atoms with Crippen LogP contribution in [0, 0.1) is 3.57 Å². The van der Waals surface area contributed by atoms with Gasteiger partial charge in [-0.1, -0.05) is 0 Å². The topological polar surface area (TPSA) is 35.5 Å². The van der Waals surface area contributed by atoms with Gasteiger partial charge in [0.1, 0.15) is 11.5 Å². The highest BCUT2D eigenvalue weighted by Crippen LogP contribution is 2.31. The standard InChI is InChI=1S/C9H9IO3/c1-12-8-4-3-7(10)9(13-2)6(8)5-11/h3-5H,1-2H3. The SMILES string of the molecule is COc1ccc(I)c(OC)c1C=O. The fraction of sp³-hybridized carbons (Fsp3) is 0.222. The highest BCUT2D eigenvalue weighted by Gasteiger charge is 2.11. The number of methoxy groups -OCH3 is 2. The van der Waals surface area contributed by atoms with Gasteiger partial charge in [0.2, 0.25) is 0 Å². The molecule has 0 N–H and O–H groups in total. The van der Waals surface area contributed by atoms with Crippen LogP contribution in [-0.4, -0.2) is 20.5 Å². The third-order valence-electron chi connectivity index (χ3n) is 1.65. The second kappa shape index (κ2) is 4.45. The smallest absolute Gasteiger partial charge is 0.157 e. The van der Waals surface area contributed by atoms with Crippen molar-refractivity contribution in [1.29, 1.82) is 0 Å². The van der Waals surface area contributed by atoms with E-state index in [9.17, 15) is 4.79 Å². The zero-order valence-electron chi connectivity index (χ0n) is 7.33. The van der Waals surface area contributed by atoms with Gasteiger partial charge in [0, 0.05) is 0 Å². The lowest BCUT2D eigenvalue weighted by Gasteiger charge is -2.09. The average molecular weight is 292 g/mol. The molecule has 0 saturated carbocycles. The van der Waals surface area contributed by atoms with Gasteiger partial charge in [-0.3, -0.25) is 4.79 Å². The zero-order valence-corrected chi connectivity index (χ0v) is 9.49. The summed E-state index contributed by atoms with van der Waals surface area (Å²) in [7, 11) is 3.05. The largest absolute Gasteiger partial charge is 0.496 e. The molecule has 1 aromatic carbocycles. The van der Waals surface area contributed by atoms with Crippen molar-refractivity contribution in [2.45, 2.75) is 0 Å². The van der Waals surface area contributed by atoms with Crippen LogP contribution < -0.4 is 9.47 Å². The van der Waals surface area contributed by atoms with E-state index < -0.39 is 0 Å². The number of hydrogen-bond acceptors (Lipinski definition) is 3. The van der Waals surface area contributed by atoms with Crippen molar-refractivity contribution in [2.24, 2.45) is 0 Å². The predicted octanol–water partition coefficient (Wildman–Crippen LogP) is 2.12. The lowest BCUT2D eigenvalue weighted by molar-refractivity contribution is 0.111. The molecule has 0 amide bonds. The summed E-state index contributed by atoms with van der Waals surface area (Å²) in [5.74, 6) is 1.10. The maximum Gasteiger partial charge on any atom is 0.157 e. The number of benzene rings is 1. The molecule has 1 rings (SSSR count). The molecule has 70 valence electrons. The highest BCUT2D eigenvalue weighted by atomic mass is 127. The number of carbonyl (C=O) groups is 1. The molecular formula is C9H9IO3. The average Bonchev–Trinajstić information content (AvgIpc) is 2.17. The molecule has 1 aromatic rings. The van der Waals surface area contributed by atoms with Crippen LogP contribution in [0.15, 0.2) is 12.1 Å². The molecule has 3 nitrogen and oxygen atoms in total. The van der Waals surface area contributed by atoms with Gasteiger partial charge >= 0.3 is 0 Å². The van der Waals surface area contributed by atoms with Crippen LogP contribution in [-0.2, 0) is 0 Å². The molecule has 0 fully saturated rings. The minimum absolute atomic E-state index is 0.455. The first-order valence-corrected chi connectivity index (χ1v) is 4.68. The molecule has 0 unspecified atom stereocenters. The molecule has 0 aliphatic rings. The van der Waals surface area contributed by atoms with Gasteiger partial charge in [0.25, 0.3) is 0 Å². The quantitative estimate of drug-likeness (QED) is 0.632. The molecule has 0 saturated heterocycles. The summed E-state index contributed by atoms with van der Waals surface area (Å²) in [6.45, 7) is 0. The Morgan fingerprint density at radius 1 is 1.31 bits per heavy atom. The van der Waals surface area contributed by atoms with E-state index in [1.165, 1.54) is 14.2 Å². The molecule has 0 bridgehead atoms. The first-order valence-electron chi connectivity index (χ1n) is 3.60. The van der Waals surface area contributed by atoms with E-state index in [0.29, 0.717) is 17.1 Å². The number of rotatable bonds is 3. The van der Waals surface area contributed by atoms with E-state index in [4.69, 9.17) is 9.47 Å². The van der Waals surface area contributed by atoms with Crippen LogP contribution in [0.1, 0.15) is 10.4 Å². The Labute approximate surface area is 90.2 Å². The van der Waals surface area contributed by atoms with E-state index in [2.05, 4.69) is 22.6 Å². The Balaban J connectivity index is 3.36. The van der Waals surface area contributed by atoms with Crippen molar-refractivity contribution in [3.05, 3.63) is 21.3 Å². The van der Waals surface area contributed by atoms with Crippen LogP contribution >= 0.6 is 22.6 Å². The Hall–Kier alpha value is -0.780. The lowest BCUT2D eigenvalue weighted by Crippen LogP contribution is -1.97. The van der Waals surface area contributed by atoms with Gasteiger partial charge in [0.15, 0.2) is 6.29 Å². The molecule has 0 aliphatic carbocycles. The molecule has 0 aliphatic heterocycles. The summed E-state index contributed by atoms with van der Waals surface area (Å²) in [5.41, 5.74) is 0.455. The normalized spacial score (nSPS) is 9.46. The first kappa shape index (κ1) is 10.3. The summed E-state index contributed by atoms with van der Waals surface area (Å²) in [4.78, 5) is 10.8. The summed E-state index contributed by atoms with van der Waals surface area (Å²) in [6.07, 6.45) is 0.736. The number of aldehydes is 1. The van der Waals surface area contributed by atoms with Gasteiger partial charge < -0.3 is 9.47 Å². The zero-order chi connectivity index (χ0) is 9.84. The molecule has 13 heavy (non-hydrogen) atoms. The Morgan fingerprint density at radius 3 is 2.46 bits per heavy atom. The number of hydrogen-bond donors (Lipinski definition) is 0. The highest BCUT2D eigenvalue weighted by molar-refractivity contribution is 14.1. The predicted molar refractivity (Wildman–Crippen MR) is 57.7 cm³/mol. The van der Waals surface area contributed by atoms with Crippen LogP contribution in [0.25, 0.3) is 0 Å². The Morgan fingerprint density at radius 2 is 2.00 bits per heavy atom. The van der Waals surface area contributed by atoms with Crippen molar-refractivity contribution in [2.75, 3.05) is 14.2 Å². The Kier molecular flexibility index (Phi) is 3.53. The summed E-state index contributed by atoms with van der Waals surface area (Å²) >= 11 is 2.10. The molecule has 0 heterocycles. The van der Waals surface area contributed by atoms with Gasteiger partial charge in [-0.2, -0.15) is 0 Å². The summed E-state index contributed by atoms with van der Waals surface area (Å²) < 4.78 is 11.0. The summed E-state index contributed by atoms with van der Waals surface area (Å²) in [6, 6.07) is 3.58. The van der Waals surface area contributed by atoms with E-state index in [-0.39, 0.29) is 0 Å². The second-order valence-electron chi connectivity index (χ2n) is 2.31. The minimum atomic E-state index is 0.455. The number of halogens is 1. The maximum absolute atomic E-state index is 10.8. The van der Waals surface area contributed by atoms with E-state index in [1.807, 2.05) is 6.07 Å². The second-order valence-corrected chi connectivity index (χ2v) is 3.48. The van der Waals surface area contributed by atoms with Gasteiger partial charge in [0.05, 0.1) is 23.4 Å². The third kappa shape index (κ3) is 1.93. The number of carbonyl (C=O) groups excluding carboxylic acids is 1. The van der Waals surface area contributed by atoms with Crippen LogP contribution in [0.2, 0.25) is 0 Å². The van der Waals surface area contributed by atoms with Gasteiger partial charge in [-0.25, -0.2) is 0 Å². The van der Waals surface area contributed by atoms with Gasteiger partial charge in [-0.15, -0.1) is 0 Å².